The Balaban J connectivity index is 1.38. The Bertz CT molecular complexity index is 1360. The maximum Gasteiger partial charge on any atom is 0.255 e. The second-order valence-corrected chi connectivity index (χ2v) is 9.78. The number of nitrogens with one attached hydrogen (secondary N) is 2. The maximum absolute atomic E-state index is 13.6. The van der Waals surface area contributed by atoms with Crippen molar-refractivity contribution in [3.05, 3.63) is 106 Å². The van der Waals surface area contributed by atoms with Crippen LogP contribution >= 0.6 is 0 Å². The van der Waals surface area contributed by atoms with E-state index in [4.69, 9.17) is 4.74 Å². The average Bonchev–Trinajstić information content (AvgIpc) is 2.93. The number of para-hydroxylation sites is 1. The number of halogens is 1. The van der Waals surface area contributed by atoms with Gasteiger partial charge in [0.2, 0.25) is 0 Å². The molecule has 0 radical (unpaired) electrons. The molecule has 1 aliphatic rings. The highest BCUT2D eigenvalue weighted by atomic mass is 19.1. The van der Waals surface area contributed by atoms with Crippen molar-refractivity contribution in [1.29, 1.82) is 0 Å². The topological polar surface area (TPSA) is 55.3 Å². The first-order chi connectivity index (χ1) is 18.2. The highest BCUT2D eigenvalue weighted by molar-refractivity contribution is 5.81. The zero-order valence-corrected chi connectivity index (χ0v) is 21.1. The lowest BCUT2D eigenvalue weighted by Gasteiger charge is -2.23. The van der Waals surface area contributed by atoms with E-state index in [1.807, 2.05) is 59.2 Å². The lowest BCUT2D eigenvalue weighted by atomic mass is 9.95. The maximum atomic E-state index is 13.6. The molecular weight excluding hydrogens is 465 g/mol. The molecule has 0 atom stereocenters. The van der Waals surface area contributed by atoms with Crippen LogP contribution < -0.4 is 20.9 Å². The summed E-state index contributed by atoms with van der Waals surface area (Å²) in [7, 11) is 0. The molecule has 0 aliphatic heterocycles. The van der Waals surface area contributed by atoms with Crippen molar-refractivity contribution in [3.8, 4) is 11.5 Å². The molecule has 1 aliphatic carbocycles. The van der Waals surface area contributed by atoms with Crippen LogP contribution in [0.15, 0.2) is 83.7 Å². The van der Waals surface area contributed by atoms with Gasteiger partial charge in [0.15, 0.2) is 0 Å². The third kappa shape index (κ3) is 6.64. The van der Waals surface area contributed by atoms with Gasteiger partial charge in [-0.2, -0.15) is 0 Å². The van der Waals surface area contributed by atoms with Crippen molar-refractivity contribution >= 4 is 10.9 Å². The van der Waals surface area contributed by atoms with E-state index in [9.17, 15) is 9.18 Å². The second-order valence-electron chi connectivity index (χ2n) is 9.78. The summed E-state index contributed by atoms with van der Waals surface area (Å²) in [4.78, 5) is 13.6. The molecule has 0 unspecified atom stereocenters. The zero-order chi connectivity index (χ0) is 25.5. The lowest BCUT2D eigenvalue weighted by molar-refractivity contribution is 0.368. The summed E-state index contributed by atoms with van der Waals surface area (Å²) in [5, 5.41) is 8.01. The van der Waals surface area contributed by atoms with E-state index in [2.05, 4.69) is 10.6 Å². The molecule has 0 amide bonds. The first-order valence-corrected chi connectivity index (χ1v) is 13.2. The number of aromatic nitrogens is 1. The van der Waals surface area contributed by atoms with Crippen molar-refractivity contribution in [1.82, 2.24) is 15.2 Å². The molecule has 1 heterocycles. The van der Waals surface area contributed by atoms with Crippen molar-refractivity contribution in [2.24, 2.45) is 0 Å². The van der Waals surface area contributed by atoms with Gasteiger partial charge in [0.25, 0.3) is 5.56 Å². The SMILES string of the molecule is O=c1c(CNCc2ccc(F)cc2)cc2ccc(Oc3ccccc3)cc2n1CCNC1CCCCC1. The van der Waals surface area contributed by atoms with E-state index >= 15 is 0 Å². The number of rotatable bonds is 10. The van der Waals surface area contributed by atoms with E-state index in [0.717, 1.165) is 28.8 Å². The molecule has 6 heteroatoms. The lowest BCUT2D eigenvalue weighted by Crippen LogP contribution is -2.36. The number of hydrogen-bond acceptors (Lipinski definition) is 4. The Kier molecular flexibility index (Phi) is 8.28. The predicted octanol–water partition coefficient (Wildman–Crippen LogP) is 6.15. The van der Waals surface area contributed by atoms with Crippen LogP contribution in [0.5, 0.6) is 11.5 Å². The van der Waals surface area contributed by atoms with Gasteiger partial charge in [0.1, 0.15) is 17.3 Å². The molecule has 37 heavy (non-hydrogen) atoms. The predicted molar refractivity (Wildman–Crippen MR) is 147 cm³/mol. The van der Waals surface area contributed by atoms with Gasteiger partial charge >= 0.3 is 0 Å². The minimum absolute atomic E-state index is 0.00131. The Morgan fingerprint density at radius 2 is 1.65 bits per heavy atom. The molecule has 2 N–H and O–H groups in total. The minimum atomic E-state index is -0.251. The normalized spacial score (nSPS) is 14.2. The number of benzene rings is 3. The van der Waals surface area contributed by atoms with E-state index in [1.54, 1.807) is 12.1 Å². The van der Waals surface area contributed by atoms with E-state index in [1.165, 1.54) is 44.2 Å². The molecule has 1 fully saturated rings. The quantitative estimate of drug-likeness (QED) is 0.275. The molecule has 5 nitrogen and oxygen atoms in total. The van der Waals surface area contributed by atoms with Crippen molar-refractivity contribution in [2.75, 3.05) is 6.54 Å². The molecule has 0 bridgehead atoms. The average molecular weight is 500 g/mol. The summed E-state index contributed by atoms with van der Waals surface area (Å²) in [5.74, 6) is 1.21. The molecule has 1 saturated carbocycles. The van der Waals surface area contributed by atoms with Crippen LogP contribution in [-0.2, 0) is 19.6 Å². The number of pyridine rings is 1. The zero-order valence-electron chi connectivity index (χ0n) is 21.1. The monoisotopic (exact) mass is 499 g/mol. The van der Waals surface area contributed by atoms with Gasteiger partial charge in [-0.15, -0.1) is 0 Å². The third-order valence-electron chi connectivity index (χ3n) is 7.05. The van der Waals surface area contributed by atoms with Crippen molar-refractivity contribution < 1.29 is 9.13 Å². The summed E-state index contributed by atoms with van der Waals surface area (Å²) >= 11 is 0. The fourth-order valence-electron chi connectivity index (χ4n) is 5.08. The van der Waals surface area contributed by atoms with Gasteiger partial charge in [-0.1, -0.05) is 49.6 Å². The Morgan fingerprint density at radius 3 is 2.43 bits per heavy atom. The highest BCUT2D eigenvalue weighted by Crippen LogP contribution is 2.26. The van der Waals surface area contributed by atoms with Crippen molar-refractivity contribution in [3.63, 3.8) is 0 Å². The number of fused-ring (bicyclic) bond motifs is 1. The van der Waals surface area contributed by atoms with Gasteiger partial charge in [-0.25, -0.2) is 4.39 Å². The fourth-order valence-corrected chi connectivity index (χ4v) is 5.08. The van der Waals surface area contributed by atoms with Crippen LogP contribution in [0.2, 0.25) is 0 Å². The van der Waals surface area contributed by atoms with Crippen molar-refractivity contribution in [2.45, 2.75) is 57.8 Å². The third-order valence-corrected chi connectivity index (χ3v) is 7.05. The molecule has 0 saturated heterocycles. The number of ether oxygens (including phenoxy) is 1. The Morgan fingerprint density at radius 1 is 0.865 bits per heavy atom. The van der Waals surface area contributed by atoms with Gasteiger partial charge in [0, 0.05) is 43.9 Å². The molecule has 3 aromatic carbocycles. The highest BCUT2D eigenvalue weighted by Gasteiger charge is 2.14. The Labute approximate surface area is 217 Å². The molecule has 4 aromatic rings. The molecule has 1 aromatic heterocycles. The summed E-state index contributed by atoms with van der Waals surface area (Å²) in [6.07, 6.45) is 6.28. The van der Waals surface area contributed by atoms with Crippen LogP contribution in [0.25, 0.3) is 10.9 Å². The minimum Gasteiger partial charge on any atom is -0.457 e. The summed E-state index contributed by atoms with van der Waals surface area (Å²) in [6.45, 7) is 2.33. The largest absolute Gasteiger partial charge is 0.457 e. The first-order valence-electron chi connectivity index (χ1n) is 13.2. The number of hydrogen-bond donors (Lipinski definition) is 2. The van der Waals surface area contributed by atoms with Crippen LogP contribution in [0.1, 0.15) is 43.2 Å². The van der Waals surface area contributed by atoms with Crippen LogP contribution in [0.3, 0.4) is 0 Å². The van der Waals surface area contributed by atoms with Gasteiger partial charge < -0.3 is 19.9 Å². The molecule has 0 spiro atoms. The molecule has 192 valence electrons. The van der Waals surface area contributed by atoms with E-state index < -0.39 is 0 Å². The van der Waals surface area contributed by atoms with Gasteiger partial charge in [0.05, 0.1) is 5.52 Å². The summed E-state index contributed by atoms with van der Waals surface area (Å²) in [6, 6.07) is 24.5. The van der Waals surface area contributed by atoms with E-state index in [-0.39, 0.29) is 11.4 Å². The summed E-state index contributed by atoms with van der Waals surface area (Å²) in [5.41, 5.74) is 2.55. The van der Waals surface area contributed by atoms with Gasteiger partial charge in [-0.05, 0) is 66.3 Å². The first kappa shape index (κ1) is 25.2. The second kappa shape index (κ2) is 12.2. The van der Waals surface area contributed by atoms with Crippen LogP contribution in [-0.4, -0.2) is 17.2 Å². The standard InChI is InChI=1S/C31H34FN3O2/c32-26-14-11-23(12-15-26)21-33-22-25-19-24-13-16-29(37-28-9-5-2-6-10-28)20-30(24)35(31(25)36)18-17-34-27-7-3-1-4-8-27/h2,5-6,9-16,19-20,27,33-34H,1,3-4,7-8,17-18,21-22H2. The molecule has 5 rings (SSSR count). The smallest absolute Gasteiger partial charge is 0.255 e. The Hall–Kier alpha value is -3.48. The van der Waals surface area contributed by atoms with Crippen LogP contribution in [0, 0.1) is 5.82 Å². The summed E-state index contributed by atoms with van der Waals surface area (Å²) < 4.78 is 21.1. The molecular formula is C31H34FN3O2. The number of nitrogens with zero attached hydrogens (tertiary/aromatic N) is 1. The van der Waals surface area contributed by atoms with Gasteiger partial charge in [-0.3, -0.25) is 4.79 Å². The van der Waals surface area contributed by atoms with E-state index in [0.29, 0.717) is 37.0 Å². The van der Waals surface area contributed by atoms with Crippen LogP contribution in [0.4, 0.5) is 4.39 Å². The fraction of sp³-hybridized carbons (Fsp3) is 0.323.